The Hall–Kier alpha value is -3.20. The van der Waals surface area contributed by atoms with Crippen molar-refractivity contribution in [3.8, 4) is 0 Å². The van der Waals surface area contributed by atoms with Gasteiger partial charge in [0.15, 0.2) is 11.6 Å². The van der Waals surface area contributed by atoms with Gasteiger partial charge in [0.25, 0.3) is 5.91 Å². The van der Waals surface area contributed by atoms with Gasteiger partial charge in [0.1, 0.15) is 11.6 Å². The number of H-pyrrole nitrogens is 1. The maximum atomic E-state index is 14.6. The molecule has 4 rings (SSSR count). The molecular formula is C20H22F2N6O. The molecule has 2 atom stereocenters. The van der Waals surface area contributed by atoms with Gasteiger partial charge in [-0.05, 0) is 37.1 Å². The normalized spacial score (nSPS) is 19.3. The van der Waals surface area contributed by atoms with Crippen molar-refractivity contribution in [1.82, 2.24) is 9.97 Å². The highest BCUT2D eigenvalue weighted by Gasteiger charge is 2.24. The van der Waals surface area contributed by atoms with Gasteiger partial charge in [-0.3, -0.25) is 4.79 Å². The molecule has 152 valence electrons. The largest absolute Gasteiger partial charge is 0.365 e. The smallest absolute Gasteiger partial charge is 0.252 e. The molecule has 29 heavy (non-hydrogen) atoms. The number of carbonyl (C=O) groups is 1. The third-order valence-electron chi connectivity index (χ3n) is 5.26. The molecule has 0 bridgehead atoms. The van der Waals surface area contributed by atoms with Crippen LogP contribution < -0.4 is 22.1 Å². The molecule has 1 unspecified atom stereocenters. The molecule has 0 aliphatic heterocycles. The predicted octanol–water partition coefficient (Wildman–Crippen LogP) is 3.37. The molecule has 2 heterocycles. The van der Waals surface area contributed by atoms with Crippen LogP contribution in [0.25, 0.3) is 10.9 Å². The van der Waals surface area contributed by atoms with Crippen LogP contribution in [-0.4, -0.2) is 28.0 Å². The topological polar surface area (TPSA) is 122 Å². The van der Waals surface area contributed by atoms with Crippen LogP contribution in [-0.2, 0) is 0 Å². The van der Waals surface area contributed by atoms with E-state index in [9.17, 15) is 13.6 Å². The molecule has 0 spiro atoms. The molecule has 7 N–H and O–H groups in total. The van der Waals surface area contributed by atoms with Crippen molar-refractivity contribution in [2.24, 2.45) is 11.5 Å². The monoisotopic (exact) mass is 400 g/mol. The van der Waals surface area contributed by atoms with Gasteiger partial charge in [0, 0.05) is 29.4 Å². The Kier molecular flexibility index (Phi) is 5.06. The number of halogens is 2. The van der Waals surface area contributed by atoms with Gasteiger partial charge in [-0.1, -0.05) is 12.8 Å². The summed E-state index contributed by atoms with van der Waals surface area (Å²) in [6.45, 7) is 0. The van der Waals surface area contributed by atoms with Crippen molar-refractivity contribution in [2.75, 3.05) is 10.6 Å². The molecule has 0 saturated heterocycles. The van der Waals surface area contributed by atoms with Crippen molar-refractivity contribution in [1.29, 1.82) is 0 Å². The summed E-state index contributed by atoms with van der Waals surface area (Å²) in [5.41, 5.74) is 12.1. The van der Waals surface area contributed by atoms with Crippen molar-refractivity contribution >= 4 is 34.1 Å². The Morgan fingerprint density at radius 2 is 1.93 bits per heavy atom. The van der Waals surface area contributed by atoms with E-state index < -0.39 is 17.5 Å². The van der Waals surface area contributed by atoms with Gasteiger partial charge in [0.05, 0.1) is 11.1 Å². The molecule has 1 aliphatic carbocycles. The van der Waals surface area contributed by atoms with E-state index in [0.717, 1.165) is 31.7 Å². The van der Waals surface area contributed by atoms with Crippen LogP contribution >= 0.6 is 0 Å². The summed E-state index contributed by atoms with van der Waals surface area (Å²) in [7, 11) is 0. The number of amides is 1. The number of carbonyl (C=O) groups excluding carboxylic acids is 1. The number of aromatic nitrogens is 2. The average molecular weight is 400 g/mol. The quantitative estimate of drug-likeness (QED) is 0.450. The molecule has 1 fully saturated rings. The third-order valence-corrected chi connectivity index (χ3v) is 5.26. The van der Waals surface area contributed by atoms with Crippen molar-refractivity contribution < 1.29 is 13.6 Å². The lowest BCUT2D eigenvalue weighted by Gasteiger charge is -2.30. The zero-order valence-electron chi connectivity index (χ0n) is 15.6. The molecule has 0 radical (unpaired) electrons. The molecule has 7 nitrogen and oxygen atoms in total. The van der Waals surface area contributed by atoms with E-state index in [1.54, 1.807) is 18.3 Å². The van der Waals surface area contributed by atoms with Crippen LogP contribution in [0.2, 0.25) is 0 Å². The summed E-state index contributed by atoms with van der Waals surface area (Å²) in [5, 5.41) is 6.58. The highest BCUT2D eigenvalue weighted by Crippen LogP contribution is 2.28. The lowest BCUT2D eigenvalue weighted by Crippen LogP contribution is -2.43. The van der Waals surface area contributed by atoms with Crippen LogP contribution in [0.1, 0.15) is 36.0 Å². The number of nitrogens with one attached hydrogen (secondary N) is 3. The van der Waals surface area contributed by atoms with Gasteiger partial charge in [-0.2, -0.15) is 0 Å². The summed E-state index contributed by atoms with van der Waals surface area (Å²) < 4.78 is 28.8. The Morgan fingerprint density at radius 3 is 2.69 bits per heavy atom. The number of benzene rings is 1. The number of pyridine rings is 1. The Bertz CT molecular complexity index is 1070. The second-order valence-corrected chi connectivity index (χ2v) is 7.30. The summed E-state index contributed by atoms with van der Waals surface area (Å²) >= 11 is 0. The van der Waals surface area contributed by atoms with Crippen molar-refractivity contribution in [3.63, 3.8) is 0 Å². The fourth-order valence-electron chi connectivity index (χ4n) is 3.72. The van der Waals surface area contributed by atoms with Crippen molar-refractivity contribution in [3.05, 3.63) is 47.7 Å². The highest BCUT2D eigenvalue weighted by atomic mass is 19.1. The SMILES string of the molecule is NC(=O)c1cc(F)c(NC2CCCC[C@@H]2N)nc1Nc1cc(F)c2[nH]ccc2c1. The van der Waals surface area contributed by atoms with Gasteiger partial charge < -0.3 is 27.1 Å². The number of primary amides is 1. The van der Waals surface area contributed by atoms with E-state index in [-0.39, 0.29) is 29.3 Å². The van der Waals surface area contributed by atoms with Crippen LogP contribution in [0, 0.1) is 11.6 Å². The first-order valence-corrected chi connectivity index (χ1v) is 9.48. The molecule has 1 amide bonds. The summed E-state index contributed by atoms with van der Waals surface area (Å²) in [6.07, 6.45) is 5.30. The van der Waals surface area contributed by atoms with E-state index in [1.807, 2.05) is 0 Å². The van der Waals surface area contributed by atoms with Gasteiger partial charge in [-0.15, -0.1) is 0 Å². The number of nitrogens with zero attached hydrogens (tertiary/aromatic N) is 1. The van der Waals surface area contributed by atoms with E-state index in [4.69, 9.17) is 11.5 Å². The van der Waals surface area contributed by atoms with Crippen LogP contribution in [0.3, 0.4) is 0 Å². The van der Waals surface area contributed by atoms with E-state index in [2.05, 4.69) is 20.6 Å². The fraction of sp³-hybridized carbons (Fsp3) is 0.300. The van der Waals surface area contributed by atoms with E-state index in [1.165, 1.54) is 6.07 Å². The number of rotatable bonds is 5. The molecule has 9 heteroatoms. The van der Waals surface area contributed by atoms with Gasteiger partial charge in [-0.25, -0.2) is 13.8 Å². The molecule has 2 aromatic heterocycles. The Balaban J connectivity index is 1.69. The van der Waals surface area contributed by atoms with Crippen LogP contribution in [0.15, 0.2) is 30.5 Å². The van der Waals surface area contributed by atoms with Crippen LogP contribution in [0.5, 0.6) is 0 Å². The number of fused-ring (bicyclic) bond motifs is 1. The molecule has 3 aromatic rings. The van der Waals surface area contributed by atoms with Gasteiger partial charge >= 0.3 is 0 Å². The second-order valence-electron chi connectivity index (χ2n) is 7.30. The minimum atomic E-state index is -0.844. The van der Waals surface area contributed by atoms with E-state index >= 15 is 0 Å². The number of anilines is 3. The number of nitrogens with two attached hydrogens (primary N) is 2. The Morgan fingerprint density at radius 1 is 1.14 bits per heavy atom. The fourth-order valence-corrected chi connectivity index (χ4v) is 3.72. The standard InChI is InChI=1S/C20H22F2N6O/c21-13-8-11(7-10-5-6-25-17(10)13)26-19-12(18(24)29)9-14(22)20(28-19)27-16-4-2-1-3-15(16)23/h5-9,15-16,25H,1-4,23H2,(H2,24,29)(H2,26,27,28)/t15-,16?/m0/s1. The zero-order chi connectivity index (χ0) is 20.5. The third kappa shape index (κ3) is 3.86. The lowest BCUT2D eigenvalue weighted by atomic mass is 9.91. The second kappa shape index (κ2) is 7.67. The molecule has 1 aliphatic rings. The zero-order valence-corrected chi connectivity index (χ0v) is 15.6. The molecule has 1 aromatic carbocycles. The summed E-state index contributed by atoms with van der Waals surface area (Å²) in [5.74, 6) is -2.00. The summed E-state index contributed by atoms with van der Waals surface area (Å²) in [4.78, 5) is 18.9. The average Bonchev–Trinajstić information content (AvgIpc) is 3.15. The number of hydrogen-bond donors (Lipinski definition) is 5. The molecule has 1 saturated carbocycles. The molecular weight excluding hydrogens is 378 g/mol. The highest BCUT2D eigenvalue weighted by molar-refractivity contribution is 5.99. The Labute approximate surface area is 165 Å². The van der Waals surface area contributed by atoms with Gasteiger partial charge in [0.2, 0.25) is 0 Å². The summed E-state index contributed by atoms with van der Waals surface area (Å²) in [6, 6.07) is 5.47. The maximum absolute atomic E-state index is 14.6. The van der Waals surface area contributed by atoms with Crippen molar-refractivity contribution in [2.45, 2.75) is 37.8 Å². The van der Waals surface area contributed by atoms with E-state index in [0.29, 0.717) is 16.6 Å². The lowest BCUT2D eigenvalue weighted by molar-refractivity contribution is 0.100. The maximum Gasteiger partial charge on any atom is 0.252 e. The first-order chi connectivity index (χ1) is 13.9. The minimum Gasteiger partial charge on any atom is -0.365 e. The number of hydrogen-bond acceptors (Lipinski definition) is 5. The predicted molar refractivity (Wildman–Crippen MR) is 108 cm³/mol. The van der Waals surface area contributed by atoms with Crippen LogP contribution in [0.4, 0.5) is 26.1 Å². The first kappa shape index (κ1) is 19.1. The number of aromatic amines is 1. The first-order valence-electron chi connectivity index (χ1n) is 9.48. The minimum absolute atomic E-state index is 0.0250.